The molecule has 2 N–H and O–H groups in total. The van der Waals surface area contributed by atoms with Gasteiger partial charge < -0.3 is 15.3 Å². The van der Waals surface area contributed by atoms with E-state index in [-0.39, 0.29) is 11.2 Å². The summed E-state index contributed by atoms with van der Waals surface area (Å²) in [5.41, 5.74) is 0.814. The van der Waals surface area contributed by atoms with Crippen LogP contribution in [0.25, 0.3) is 0 Å². The number of rotatable bonds is 5. The molecule has 2 heterocycles. The van der Waals surface area contributed by atoms with Crippen molar-refractivity contribution in [3.8, 4) is 0 Å². The first-order valence-electron chi connectivity index (χ1n) is 6.35. The van der Waals surface area contributed by atoms with E-state index in [1.165, 1.54) is 0 Å². The third-order valence-corrected chi connectivity index (χ3v) is 3.85. The second kappa shape index (κ2) is 6.99. The van der Waals surface area contributed by atoms with Crippen LogP contribution in [0.15, 0.2) is 6.20 Å². The predicted octanol–water partition coefficient (Wildman–Crippen LogP) is 2.16. The van der Waals surface area contributed by atoms with Crippen LogP contribution in [-0.4, -0.2) is 46.3 Å². The standard InChI is InChI=1S/C12H17ClN4O2S/c1-20-7-15-10-9(5-14-12(13)16-10)17-4-2-3-8(6-17)11(18)19/h5,8H,2-4,6-7H2,1H3,(H,18,19)(H,14,15,16)/t8-/m0/s1. The van der Waals surface area contributed by atoms with Crippen molar-refractivity contribution in [1.82, 2.24) is 9.97 Å². The average molecular weight is 317 g/mol. The highest BCUT2D eigenvalue weighted by Gasteiger charge is 2.27. The van der Waals surface area contributed by atoms with Gasteiger partial charge in [0.25, 0.3) is 0 Å². The number of carboxylic acid groups (broad SMARTS) is 1. The zero-order chi connectivity index (χ0) is 14.5. The molecule has 0 spiro atoms. The van der Waals surface area contributed by atoms with Gasteiger partial charge in [-0.05, 0) is 30.7 Å². The van der Waals surface area contributed by atoms with E-state index in [2.05, 4.69) is 15.3 Å². The van der Waals surface area contributed by atoms with Gasteiger partial charge in [0, 0.05) is 13.1 Å². The summed E-state index contributed by atoms with van der Waals surface area (Å²) in [5.74, 6) is 0.276. The topological polar surface area (TPSA) is 78.4 Å². The molecular formula is C12H17ClN4O2S. The Hall–Kier alpha value is -1.21. The van der Waals surface area contributed by atoms with E-state index in [4.69, 9.17) is 16.7 Å². The Balaban J connectivity index is 2.20. The van der Waals surface area contributed by atoms with E-state index in [1.54, 1.807) is 18.0 Å². The van der Waals surface area contributed by atoms with Crippen LogP contribution >= 0.6 is 23.4 Å². The number of aromatic nitrogens is 2. The van der Waals surface area contributed by atoms with Crippen LogP contribution in [0.4, 0.5) is 11.5 Å². The molecule has 0 amide bonds. The zero-order valence-corrected chi connectivity index (χ0v) is 12.7. The van der Waals surface area contributed by atoms with E-state index in [0.29, 0.717) is 24.7 Å². The molecule has 20 heavy (non-hydrogen) atoms. The Kier molecular flexibility index (Phi) is 5.31. The third kappa shape index (κ3) is 3.67. The predicted molar refractivity (Wildman–Crippen MR) is 81.6 cm³/mol. The van der Waals surface area contributed by atoms with Crippen molar-refractivity contribution in [2.75, 3.05) is 35.4 Å². The Morgan fingerprint density at radius 3 is 3.20 bits per heavy atom. The monoisotopic (exact) mass is 316 g/mol. The van der Waals surface area contributed by atoms with Gasteiger partial charge in [0.05, 0.1) is 23.7 Å². The number of hydrogen-bond acceptors (Lipinski definition) is 6. The first-order chi connectivity index (χ1) is 9.61. The highest BCUT2D eigenvalue weighted by Crippen LogP contribution is 2.29. The molecule has 110 valence electrons. The molecule has 1 saturated heterocycles. The summed E-state index contributed by atoms with van der Waals surface area (Å²) in [7, 11) is 0. The van der Waals surface area contributed by atoms with Crippen LogP contribution in [0.1, 0.15) is 12.8 Å². The number of halogens is 1. The number of anilines is 2. The van der Waals surface area contributed by atoms with Gasteiger partial charge in [-0.15, -0.1) is 11.8 Å². The lowest BCUT2D eigenvalue weighted by molar-refractivity contribution is -0.141. The maximum Gasteiger partial charge on any atom is 0.308 e. The normalized spacial score (nSPS) is 18.9. The minimum Gasteiger partial charge on any atom is -0.481 e. The molecule has 0 unspecified atom stereocenters. The summed E-state index contributed by atoms with van der Waals surface area (Å²) in [6.07, 6.45) is 5.20. The van der Waals surface area contributed by atoms with Crippen molar-refractivity contribution >= 4 is 40.8 Å². The summed E-state index contributed by atoms with van der Waals surface area (Å²) in [6.45, 7) is 1.29. The Bertz CT molecular complexity index is 489. The number of piperidine rings is 1. The van der Waals surface area contributed by atoms with Crippen molar-refractivity contribution in [2.45, 2.75) is 12.8 Å². The number of aliphatic carboxylic acids is 1. The van der Waals surface area contributed by atoms with E-state index in [1.807, 2.05) is 11.2 Å². The minimum atomic E-state index is -0.747. The minimum absolute atomic E-state index is 0.184. The Labute approximate surface area is 126 Å². The molecule has 1 aliphatic rings. The fraction of sp³-hybridized carbons (Fsp3) is 0.583. The molecule has 0 aromatic carbocycles. The summed E-state index contributed by atoms with van der Waals surface area (Å²) >= 11 is 7.47. The summed E-state index contributed by atoms with van der Waals surface area (Å²) < 4.78 is 0. The van der Waals surface area contributed by atoms with Gasteiger partial charge >= 0.3 is 5.97 Å². The molecule has 1 aliphatic heterocycles. The first kappa shape index (κ1) is 15.2. The lowest BCUT2D eigenvalue weighted by atomic mass is 9.98. The summed E-state index contributed by atoms with van der Waals surface area (Å²) in [4.78, 5) is 21.4. The number of nitrogens with zero attached hydrogens (tertiary/aromatic N) is 3. The van der Waals surface area contributed by atoms with Crippen LogP contribution in [0.2, 0.25) is 5.28 Å². The summed E-state index contributed by atoms with van der Waals surface area (Å²) in [6, 6.07) is 0. The second-order valence-electron chi connectivity index (χ2n) is 4.61. The molecule has 1 fully saturated rings. The SMILES string of the molecule is CSCNc1nc(Cl)ncc1N1CCC[C@H](C(=O)O)C1. The van der Waals surface area contributed by atoms with E-state index >= 15 is 0 Å². The Morgan fingerprint density at radius 2 is 2.50 bits per heavy atom. The zero-order valence-electron chi connectivity index (χ0n) is 11.2. The number of hydrogen-bond donors (Lipinski definition) is 2. The molecule has 1 atom stereocenters. The lowest BCUT2D eigenvalue weighted by Gasteiger charge is -2.33. The number of carboxylic acids is 1. The smallest absolute Gasteiger partial charge is 0.308 e. The quantitative estimate of drug-likeness (QED) is 0.636. The third-order valence-electron chi connectivity index (χ3n) is 3.24. The van der Waals surface area contributed by atoms with Gasteiger partial charge in [-0.25, -0.2) is 4.98 Å². The van der Waals surface area contributed by atoms with Crippen LogP contribution in [-0.2, 0) is 4.79 Å². The van der Waals surface area contributed by atoms with Crippen molar-refractivity contribution in [3.05, 3.63) is 11.5 Å². The fourth-order valence-corrected chi connectivity index (χ4v) is 2.67. The molecule has 0 aliphatic carbocycles. The molecule has 0 saturated carbocycles. The molecular weight excluding hydrogens is 300 g/mol. The van der Waals surface area contributed by atoms with E-state index < -0.39 is 5.97 Å². The lowest BCUT2D eigenvalue weighted by Crippen LogP contribution is -2.39. The maximum atomic E-state index is 11.1. The number of carbonyl (C=O) groups is 1. The molecule has 0 bridgehead atoms. The van der Waals surface area contributed by atoms with Gasteiger partial charge in [-0.1, -0.05) is 0 Å². The number of thioether (sulfide) groups is 1. The van der Waals surface area contributed by atoms with Crippen molar-refractivity contribution in [2.24, 2.45) is 5.92 Å². The Morgan fingerprint density at radius 1 is 1.70 bits per heavy atom. The maximum absolute atomic E-state index is 11.1. The molecule has 0 radical (unpaired) electrons. The fourth-order valence-electron chi connectivity index (χ4n) is 2.25. The van der Waals surface area contributed by atoms with Gasteiger partial charge in [0.15, 0.2) is 5.82 Å². The largest absolute Gasteiger partial charge is 0.481 e. The van der Waals surface area contributed by atoms with E-state index in [9.17, 15) is 4.79 Å². The molecule has 8 heteroatoms. The van der Waals surface area contributed by atoms with Gasteiger partial charge in [0.1, 0.15) is 0 Å². The van der Waals surface area contributed by atoms with Gasteiger partial charge in [0.2, 0.25) is 5.28 Å². The second-order valence-corrected chi connectivity index (χ2v) is 5.81. The molecule has 1 aromatic heterocycles. The van der Waals surface area contributed by atoms with Crippen molar-refractivity contribution in [1.29, 1.82) is 0 Å². The molecule has 6 nitrogen and oxygen atoms in total. The highest BCUT2D eigenvalue weighted by molar-refractivity contribution is 7.98. The highest BCUT2D eigenvalue weighted by atomic mass is 35.5. The van der Waals surface area contributed by atoms with Gasteiger partial charge in [-0.2, -0.15) is 4.98 Å². The van der Waals surface area contributed by atoms with E-state index in [0.717, 1.165) is 18.7 Å². The van der Waals surface area contributed by atoms with Crippen LogP contribution < -0.4 is 10.2 Å². The van der Waals surface area contributed by atoms with Crippen LogP contribution in [0.3, 0.4) is 0 Å². The first-order valence-corrected chi connectivity index (χ1v) is 8.12. The molecule has 1 aromatic rings. The van der Waals surface area contributed by atoms with Crippen LogP contribution in [0, 0.1) is 5.92 Å². The van der Waals surface area contributed by atoms with Gasteiger partial charge in [-0.3, -0.25) is 4.79 Å². The number of nitrogens with one attached hydrogen (secondary N) is 1. The van der Waals surface area contributed by atoms with Crippen molar-refractivity contribution < 1.29 is 9.90 Å². The van der Waals surface area contributed by atoms with Crippen molar-refractivity contribution in [3.63, 3.8) is 0 Å². The molecule has 2 rings (SSSR count). The van der Waals surface area contributed by atoms with Crippen LogP contribution in [0.5, 0.6) is 0 Å². The summed E-state index contributed by atoms with van der Waals surface area (Å²) in [5, 5.41) is 12.5. The average Bonchev–Trinajstić information content (AvgIpc) is 2.45.